The summed E-state index contributed by atoms with van der Waals surface area (Å²) in [5.41, 5.74) is 0.396. The van der Waals surface area contributed by atoms with Gasteiger partial charge in [-0.1, -0.05) is 18.9 Å². The van der Waals surface area contributed by atoms with Crippen LogP contribution in [0.3, 0.4) is 0 Å². The molecule has 2 rings (SSSR count). The number of ether oxygens (including phenoxy) is 1. The molecule has 0 unspecified atom stereocenters. The van der Waals surface area contributed by atoms with Crippen molar-refractivity contribution in [3.8, 4) is 0 Å². The minimum absolute atomic E-state index is 0.102. The largest absolute Gasteiger partial charge is 0.444 e. The van der Waals surface area contributed by atoms with Crippen LogP contribution in [-0.2, 0) is 11.3 Å². The van der Waals surface area contributed by atoms with Crippen LogP contribution < -0.4 is 16.0 Å². The van der Waals surface area contributed by atoms with Crippen LogP contribution in [0, 0.1) is 0 Å². The molecule has 0 aromatic carbocycles. The molecule has 1 saturated carbocycles. The zero-order valence-electron chi connectivity index (χ0n) is 15.2. The minimum atomic E-state index is -0.539. The highest BCUT2D eigenvalue weighted by atomic mass is 16.6. The lowest BCUT2D eigenvalue weighted by atomic mass is 9.90. The SMILES string of the molecule is CC(C)(C)OC(=O)N[C@@H]1CCCC[C@H]1NC(=O)NCc1cccnc1. The highest BCUT2D eigenvalue weighted by Crippen LogP contribution is 2.19. The molecule has 1 fully saturated rings. The highest BCUT2D eigenvalue weighted by molar-refractivity contribution is 5.74. The third-order valence-electron chi connectivity index (χ3n) is 3.96. The molecule has 0 bridgehead atoms. The maximum Gasteiger partial charge on any atom is 0.407 e. The van der Waals surface area contributed by atoms with Crippen molar-refractivity contribution >= 4 is 12.1 Å². The monoisotopic (exact) mass is 348 g/mol. The standard InChI is InChI=1S/C18H28N4O3/c1-18(2,3)25-17(24)22-15-9-5-4-8-14(15)21-16(23)20-12-13-7-6-10-19-11-13/h6-7,10-11,14-15H,4-5,8-9,12H2,1-3H3,(H,22,24)(H2,20,21,23)/t14-,15-/m1/s1. The van der Waals surface area contributed by atoms with Crippen LogP contribution in [0.25, 0.3) is 0 Å². The molecule has 25 heavy (non-hydrogen) atoms. The molecule has 2 atom stereocenters. The average Bonchev–Trinajstić information content (AvgIpc) is 2.54. The summed E-state index contributed by atoms with van der Waals surface area (Å²) in [6.07, 6.45) is 6.68. The summed E-state index contributed by atoms with van der Waals surface area (Å²) in [6.45, 7) is 5.90. The second kappa shape index (κ2) is 8.69. The van der Waals surface area contributed by atoms with Gasteiger partial charge in [-0.3, -0.25) is 4.98 Å². The first-order valence-corrected chi connectivity index (χ1v) is 8.76. The van der Waals surface area contributed by atoms with Crippen molar-refractivity contribution in [2.24, 2.45) is 0 Å². The van der Waals surface area contributed by atoms with Crippen molar-refractivity contribution in [3.05, 3.63) is 30.1 Å². The van der Waals surface area contributed by atoms with Crippen LogP contribution in [0.2, 0.25) is 0 Å². The van der Waals surface area contributed by atoms with Crippen molar-refractivity contribution in [3.63, 3.8) is 0 Å². The molecule has 138 valence electrons. The molecule has 7 heteroatoms. The van der Waals surface area contributed by atoms with Gasteiger partial charge in [0.1, 0.15) is 5.60 Å². The maximum atomic E-state index is 12.2. The zero-order chi connectivity index (χ0) is 18.3. The lowest BCUT2D eigenvalue weighted by Crippen LogP contribution is -2.55. The summed E-state index contributed by atoms with van der Waals surface area (Å²) in [4.78, 5) is 28.2. The van der Waals surface area contributed by atoms with Crippen LogP contribution in [0.1, 0.15) is 52.0 Å². The number of carbonyl (C=O) groups excluding carboxylic acids is 2. The Morgan fingerprint density at radius 3 is 2.48 bits per heavy atom. The number of alkyl carbamates (subject to hydrolysis) is 1. The fourth-order valence-corrected chi connectivity index (χ4v) is 2.84. The predicted molar refractivity (Wildman–Crippen MR) is 95.0 cm³/mol. The number of nitrogens with zero attached hydrogens (tertiary/aromatic N) is 1. The molecule has 1 aromatic rings. The normalized spacial score (nSPS) is 20.4. The van der Waals surface area contributed by atoms with Crippen LogP contribution in [0.5, 0.6) is 0 Å². The maximum absolute atomic E-state index is 12.2. The molecule has 7 nitrogen and oxygen atoms in total. The van der Waals surface area contributed by atoms with Gasteiger partial charge in [-0.15, -0.1) is 0 Å². The molecule has 0 spiro atoms. The summed E-state index contributed by atoms with van der Waals surface area (Å²) >= 11 is 0. The topological polar surface area (TPSA) is 92.4 Å². The molecule has 0 radical (unpaired) electrons. The molecule has 1 heterocycles. The van der Waals surface area contributed by atoms with E-state index in [9.17, 15) is 9.59 Å². The smallest absolute Gasteiger partial charge is 0.407 e. The predicted octanol–water partition coefficient (Wildman–Crippen LogP) is 2.72. The van der Waals surface area contributed by atoms with Crippen molar-refractivity contribution in [1.29, 1.82) is 0 Å². The number of aromatic nitrogens is 1. The molecule has 0 aliphatic heterocycles. The number of hydrogen-bond acceptors (Lipinski definition) is 4. The van der Waals surface area contributed by atoms with Crippen LogP contribution in [0.15, 0.2) is 24.5 Å². The minimum Gasteiger partial charge on any atom is -0.444 e. The van der Waals surface area contributed by atoms with Gasteiger partial charge in [0.05, 0.1) is 12.1 Å². The zero-order valence-corrected chi connectivity index (χ0v) is 15.2. The van der Waals surface area contributed by atoms with E-state index in [-0.39, 0.29) is 18.1 Å². The number of nitrogens with one attached hydrogen (secondary N) is 3. The van der Waals surface area contributed by atoms with Crippen molar-refractivity contribution in [2.75, 3.05) is 0 Å². The molecule has 3 N–H and O–H groups in total. The number of hydrogen-bond donors (Lipinski definition) is 3. The summed E-state index contributed by atoms with van der Waals surface area (Å²) in [6, 6.07) is 3.27. The number of amides is 3. The van der Waals surface area contributed by atoms with Crippen molar-refractivity contribution in [2.45, 2.75) is 70.7 Å². The Bertz CT molecular complexity index is 571. The van der Waals surface area contributed by atoms with Gasteiger partial charge >= 0.3 is 12.1 Å². The van der Waals surface area contributed by atoms with E-state index in [1.165, 1.54) is 0 Å². The molecule has 3 amide bonds. The van der Waals surface area contributed by atoms with Gasteiger partial charge in [-0.2, -0.15) is 0 Å². The van der Waals surface area contributed by atoms with Gasteiger partial charge in [0.25, 0.3) is 0 Å². The van der Waals surface area contributed by atoms with E-state index in [0.717, 1.165) is 31.2 Å². The molecule has 1 aliphatic rings. The number of carbonyl (C=O) groups is 2. The summed E-state index contributed by atoms with van der Waals surface area (Å²) in [5.74, 6) is 0. The third-order valence-corrected chi connectivity index (χ3v) is 3.96. The number of rotatable bonds is 4. The van der Waals surface area contributed by atoms with E-state index in [4.69, 9.17) is 4.74 Å². The molecule has 1 aromatic heterocycles. The van der Waals surface area contributed by atoms with Gasteiger partial charge in [-0.25, -0.2) is 9.59 Å². The summed E-state index contributed by atoms with van der Waals surface area (Å²) < 4.78 is 5.31. The summed E-state index contributed by atoms with van der Waals surface area (Å²) in [5, 5.41) is 8.68. The Labute approximate surface area is 148 Å². The van der Waals surface area contributed by atoms with Gasteiger partial charge in [0.2, 0.25) is 0 Å². The van der Waals surface area contributed by atoms with Crippen LogP contribution in [-0.4, -0.2) is 34.8 Å². The Balaban J connectivity index is 1.83. The first-order valence-electron chi connectivity index (χ1n) is 8.76. The average molecular weight is 348 g/mol. The third kappa shape index (κ3) is 6.99. The van der Waals surface area contributed by atoms with Gasteiger partial charge in [-0.05, 0) is 45.2 Å². The lowest BCUT2D eigenvalue weighted by molar-refractivity contribution is 0.0480. The van der Waals surface area contributed by atoms with E-state index in [2.05, 4.69) is 20.9 Å². The Morgan fingerprint density at radius 1 is 1.20 bits per heavy atom. The molecule has 1 aliphatic carbocycles. The van der Waals surface area contributed by atoms with E-state index in [1.54, 1.807) is 12.4 Å². The second-order valence-corrected chi connectivity index (χ2v) is 7.33. The van der Waals surface area contributed by atoms with Crippen molar-refractivity contribution in [1.82, 2.24) is 20.9 Å². The van der Waals surface area contributed by atoms with Crippen LogP contribution in [0.4, 0.5) is 9.59 Å². The summed E-state index contributed by atoms with van der Waals surface area (Å²) in [7, 11) is 0. The van der Waals surface area contributed by atoms with Crippen LogP contribution >= 0.6 is 0 Å². The fraction of sp³-hybridized carbons (Fsp3) is 0.611. The Morgan fingerprint density at radius 2 is 1.88 bits per heavy atom. The van der Waals surface area contributed by atoms with Gasteiger partial charge in [0.15, 0.2) is 0 Å². The lowest BCUT2D eigenvalue weighted by Gasteiger charge is -2.33. The quantitative estimate of drug-likeness (QED) is 0.780. The fourth-order valence-electron chi connectivity index (χ4n) is 2.84. The number of pyridine rings is 1. The second-order valence-electron chi connectivity index (χ2n) is 7.33. The van der Waals surface area contributed by atoms with E-state index < -0.39 is 11.7 Å². The molecular formula is C18H28N4O3. The van der Waals surface area contributed by atoms with E-state index >= 15 is 0 Å². The highest BCUT2D eigenvalue weighted by Gasteiger charge is 2.29. The Hall–Kier alpha value is -2.31. The Kier molecular flexibility index (Phi) is 6.61. The first kappa shape index (κ1) is 19.0. The van der Waals surface area contributed by atoms with Crippen molar-refractivity contribution < 1.29 is 14.3 Å². The van der Waals surface area contributed by atoms with E-state index in [0.29, 0.717) is 6.54 Å². The number of urea groups is 1. The van der Waals surface area contributed by atoms with Gasteiger partial charge < -0.3 is 20.7 Å². The van der Waals surface area contributed by atoms with Gasteiger partial charge in [0, 0.05) is 18.9 Å². The molecule has 0 saturated heterocycles. The first-order chi connectivity index (χ1) is 11.8. The molecular weight excluding hydrogens is 320 g/mol. The van der Waals surface area contributed by atoms with E-state index in [1.807, 2.05) is 32.9 Å².